The zero-order valence-corrected chi connectivity index (χ0v) is 27.0. The van der Waals surface area contributed by atoms with Crippen molar-refractivity contribution in [3.63, 3.8) is 0 Å². The largest absolute Gasteiger partial charge is 0.490 e. The molecule has 0 radical (unpaired) electrons. The second-order valence-corrected chi connectivity index (χ2v) is 12.4. The van der Waals surface area contributed by atoms with Gasteiger partial charge in [-0.2, -0.15) is 13.2 Å². The molecule has 0 spiro atoms. The fourth-order valence-corrected chi connectivity index (χ4v) is 6.10. The molecule has 2 fully saturated rings. The van der Waals surface area contributed by atoms with Crippen LogP contribution in [0.3, 0.4) is 0 Å². The van der Waals surface area contributed by atoms with Crippen molar-refractivity contribution in [1.29, 1.82) is 0 Å². The number of carboxylic acids is 1. The van der Waals surface area contributed by atoms with E-state index in [0.29, 0.717) is 54.9 Å². The van der Waals surface area contributed by atoms with Gasteiger partial charge in [0.15, 0.2) is 0 Å². The Hall–Kier alpha value is -3.72. The van der Waals surface area contributed by atoms with Gasteiger partial charge in [0.2, 0.25) is 17.6 Å². The van der Waals surface area contributed by atoms with Gasteiger partial charge in [0.1, 0.15) is 18.3 Å². The van der Waals surface area contributed by atoms with Crippen LogP contribution in [0.25, 0.3) is 11.0 Å². The highest BCUT2D eigenvalue weighted by Gasteiger charge is 2.38. The number of fused-ring (bicyclic) bond motifs is 1. The van der Waals surface area contributed by atoms with Crippen molar-refractivity contribution in [2.45, 2.75) is 88.9 Å². The summed E-state index contributed by atoms with van der Waals surface area (Å²) in [7, 11) is 1.59. The van der Waals surface area contributed by atoms with Crippen molar-refractivity contribution in [3.8, 4) is 0 Å². The number of carboxylic acid groups (broad SMARTS) is 1. The maximum Gasteiger partial charge on any atom is 0.490 e. The fourth-order valence-electron chi connectivity index (χ4n) is 6.10. The molecule has 2 aliphatic carbocycles. The van der Waals surface area contributed by atoms with Gasteiger partial charge in [0.25, 0.3) is 0 Å². The Kier molecular flexibility index (Phi) is 15.1. The van der Waals surface area contributed by atoms with E-state index in [-0.39, 0.29) is 36.0 Å². The van der Waals surface area contributed by atoms with Crippen LogP contribution in [0.15, 0.2) is 28.7 Å². The van der Waals surface area contributed by atoms with Crippen LogP contribution in [-0.4, -0.2) is 74.1 Å². The average Bonchev–Trinajstić information content (AvgIpc) is 3.50. The molecule has 0 bridgehead atoms. The number of hydrogen-bond donors (Lipinski definition) is 4. The van der Waals surface area contributed by atoms with Crippen molar-refractivity contribution in [2.75, 3.05) is 32.3 Å². The molecule has 2 aromatic rings. The van der Waals surface area contributed by atoms with Crippen LogP contribution in [0.1, 0.15) is 81.2 Å². The number of amides is 2. The number of hydrogen-bond acceptors (Lipinski definition) is 8. The third kappa shape index (κ3) is 12.1. The standard InChI is InChI=1S/C31H44FN3O6.C2HF3O2/c1-39-14-5-15-40-31(38)28-18-23-17-24(12-13-27(23)41-28)34-30(37)26(16-20-6-3-2-4-7-20)35-29(36)22-10-8-21(9-11-22)25(33)19-32;3-2(4,5)1(6)7/h12-13,17-18,20-22,25-26H,2-11,14-16,19,33H2,1H3,(H,34,37)(H,35,36);(H,6,7)/t21?,22?,25?,26-;/m0./s1. The number of benzene rings is 1. The second-order valence-electron chi connectivity index (χ2n) is 12.4. The molecule has 1 aromatic heterocycles. The molecular formula is C33H45F4N3O8. The van der Waals surface area contributed by atoms with Gasteiger partial charge in [0, 0.05) is 43.2 Å². The van der Waals surface area contributed by atoms with Crippen LogP contribution in [-0.2, 0) is 23.9 Å². The topological polar surface area (TPSA) is 170 Å². The summed E-state index contributed by atoms with van der Waals surface area (Å²) in [6, 6.07) is 5.62. The molecule has 2 saturated carbocycles. The number of aliphatic carboxylic acids is 1. The molecule has 48 heavy (non-hydrogen) atoms. The zero-order valence-electron chi connectivity index (χ0n) is 27.0. The Morgan fingerprint density at radius 2 is 1.69 bits per heavy atom. The van der Waals surface area contributed by atoms with Crippen molar-refractivity contribution in [3.05, 3.63) is 30.0 Å². The van der Waals surface area contributed by atoms with Crippen LogP contribution in [0.5, 0.6) is 0 Å². The van der Waals surface area contributed by atoms with Gasteiger partial charge in [-0.25, -0.2) is 14.0 Å². The summed E-state index contributed by atoms with van der Waals surface area (Å²) in [5.41, 5.74) is 6.94. The van der Waals surface area contributed by atoms with Gasteiger partial charge < -0.3 is 35.4 Å². The highest BCUT2D eigenvalue weighted by Crippen LogP contribution is 2.32. The molecule has 15 heteroatoms. The summed E-state index contributed by atoms with van der Waals surface area (Å²) < 4.78 is 60.6. The number of halogens is 4. The number of anilines is 1. The monoisotopic (exact) mass is 687 g/mol. The first-order chi connectivity index (χ1) is 22.8. The van der Waals surface area contributed by atoms with Gasteiger partial charge in [-0.15, -0.1) is 0 Å². The summed E-state index contributed by atoms with van der Waals surface area (Å²) in [6.07, 6.45) is 4.42. The molecule has 0 saturated heterocycles. The Bertz CT molecular complexity index is 1350. The smallest absolute Gasteiger partial charge is 0.475 e. The van der Waals surface area contributed by atoms with Crippen LogP contribution in [0.2, 0.25) is 0 Å². The summed E-state index contributed by atoms with van der Waals surface area (Å²) >= 11 is 0. The van der Waals surface area contributed by atoms with Crippen molar-refractivity contribution in [2.24, 2.45) is 23.5 Å². The molecule has 5 N–H and O–H groups in total. The number of carbonyl (C=O) groups is 4. The van der Waals surface area contributed by atoms with Gasteiger partial charge in [-0.05, 0) is 68.2 Å². The van der Waals surface area contributed by atoms with E-state index < -0.39 is 36.9 Å². The van der Waals surface area contributed by atoms with Gasteiger partial charge in [-0.3, -0.25) is 9.59 Å². The average molecular weight is 688 g/mol. The second kappa shape index (κ2) is 18.7. The van der Waals surface area contributed by atoms with E-state index in [1.165, 1.54) is 6.42 Å². The normalized spacial score (nSPS) is 19.8. The third-order valence-corrected chi connectivity index (χ3v) is 8.81. The summed E-state index contributed by atoms with van der Waals surface area (Å²) in [6.45, 7) is 0.177. The summed E-state index contributed by atoms with van der Waals surface area (Å²) in [4.78, 5) is 48.0. The minimum absolute atomic E-state index is 0.0884. The predicted octanol–water partition coefficient (Wildman–Crippen LogP) is 5.76. The van der Waals surface area contributed by atoms with Gasteiger partial charge >= 0.3 is 18.1 Å². The Balaban J connectivity index is 0.000000804. The molecule has 2 atom stereocenters. The number of rotatable bonds is 13. The Morgan fingerprint density at radius 3 is 2.29 bits per heavy atom. The lowest BCUT2D eigenvalue weighted by molar-refractivity contribution is -0.192. The Labute approximate surface area is 276 Å². The van der Waals surface area contributed by atoms with E-state index >= 15 is 0 Å². The van der Waals surface area contributed by atoms with E-state index in [1.54, 1.807) is 31.4 Å². The van der Waals surface area contributed by atoms with E-state index in [4.69, 9.17) is 29.5 Å². The third-order valence-electron chi connectivity index (χ3n) is 8.81. The minimum atomic E-state index is -5.08. The lowest BCUT2D eigenvalue weighted by Gasteiger charge is -2.32. The highest BCUT2D eigenvalue weighted by atomic mass is 19.4. The quantitative estimate of drug-likeness (QED) is 0.116. The molecule has 1 unspecified atom stereocenters. The highest BCUT2D eigenvalue weighted by molar-refractivity contribution is 5.99. The number of alkyl halides is 4. The Morgan fingerprint density at radius 1 is 1.02 bits per heavy atom. The number of ether oxygens (including phenoxy) is 2. The first kappa shape index (κ1) is 38.7. The molecule has 1 heterocycles. The molecule has 0 aliphatic heterocycles. The lowest BCUT2D eigenvalue weighted by atomic mass is 9.78. The van der Waals surface area contributed by atoms with Gasteiger partial charge in [0.05, 0.1) is 6.61 Å². The van der Waals surface area contributed by atoms with Crippen LogP contribution >= 0.6 is 0 Å². The molecule has 268 valence electrons. The predicted molar refractivity (Wildman–Crippen MR) is 168 cm³/mol. The van der Waals surface area contributed by atoms with Crippen molar-refractivity contribution < 1.29 is 55.7 Å². The number of nitrogens with two attached hydrogens (primary N) is 1. The maximum atomic E-state index is 13.5. The number of furan rings is 1. The molecule has 2 amide bonds. The molecular weight excluding hydrogens is 642 g/mol. The van der Waals surface area contributed by atoms with Crippen molar-refractivity contribution >= 4 is 40.4 Å². The van der Waals surface area contributed by atoms with Crippen LogP contribution in [0, 0.1) is 17.8 Å². The number of nitrogens with one attached hydrogen (secondary N) is 2. The van der Waals surface area contributed by atoms with E-state index in [0.717, 1.165) is 38.5 Å². The summed E-state index contributed by atoms with van der Waals surface area (Å²) in [5, 5.41) is 13.8. The van der Waals surface area contributed by atoms with E-state index in [1.807, 2.05) is 0 Å². The minimum Gasteiger partial charge on any atom is -0.475 e. The number of methoxy groups -OCH3 is 1. The lowest BCUT2D eigenvalue weighted by Crippen LogP contribution is -2.48. The first-order valence-corrected chi connectivity index (χ1v) is 16.2. The molecule has 2 aliphatic rings. The molecule has 11 nitrogen and oxygen atoms in total. The van der Waals surface area contributed by atoms with Crippen molar-refractivity contribution in [1.82, 2.24) is 5.32 Å². The summed E-state index contributed by atoms with van der Waals surface area (Å²) in [5.74, 6) is -3.33. The fraction of sp³-hybridized carbons (Fsp3) is 0.636. The van der Waals surface area contributed by atoms with Crippen LogP contribution in [0.4, 0.5) is 23.2 Å². The van der Waals surface area contributed by atoms with E-state index in [2.05, 4.69) is 10.6 Å². The molecule has 1 aromatic carbocycles. The van der Waals surface area contributed by atoms with Crippen LogP contribution < -0.4 is 16.4 Å². The van der Waals surface area contributed by atoms with E-state index in [9.17, 15) is 31.9 Å². The maximum absolute atomic E-state index is 13.5. The molecule has 4 rings (SSSR count). The van der Waals surface area contributed by atoms with Gasteiger partial charge in [-0.1, -0.05) is 32.1 Å². The SMILES string of the molecule is COCCCOC(=O)c1cc2cc(NC(=O)[C@H](CC3CCCCC3)NC(=O)C3CCC(C(N)CF)CC3)ccc2o1.O=C(O)C(F)(F)F. The number of carbonyl (C=O) groups excluding carboxylic acids is 3. The number of esters is 1. The first-order valence-electron chi connectivity index (χ1n) is 16.2. The zero-order chi connectivity index (χ0) is 35.3.